The lowest BCUT2D eigenvalue weighted by atomic mass is 10.3. The fraction of sp³-hybridized carbons (Fsp3) is 0.0909. The summed E-state index contributed by atoms with van der Waals surface area (Å²) in [6.45, 7) is -0.123. The summed E-state index contributed by atoms with van der Waals surface area (Å²) in [5, 5.41) is 16.4. The van der Waals surface area contributed by atoms with E-state index in [4.69, 9.17) is 9.84 Å². The zero-order chi connectivity index (χ0) is 11.4. The fourth-order valence-electron chi connectivity index (χ4n) is 1.13. The molecule has 0 fully saturated rings. The second-order valence-electron chi connectivity index (χ2n) is 3.05. The molecule has 0 saturated heterocycles. The Morgan fingerprint density at radius 1 is 1.12 bits per heavy atom. The molecule has 1 heterocycles. The van der Waals surface area contributed by atoms with Gasteiger partial charge in [-0.1, -0.05) is 12.1 Å². The number of ether oxygens (including phenoxy) is 1. The van der Waals surface area contributed by atoms with Crippen molar-refractivity contribution in [1.82, 2.24) is 10.2 Å². The molecule has 4 nitrogen and oxygen atoms in total. The van der Waals surface area contributed by atoms with E-state index in [0.29, 0.717) is 17.3 Å². The lowest BCUT2D eigenvalue weighted by Gasteiger charge is -2.05. The van der Waals surface area contributed by atoms with Crippen molar-refractivity contribution in [2.45, 2.75) is 6.61 Å². The number of nitrogens with zero attached hydrogens (tertiary/aromatic N) is 2. The first-order valence-electron chi connectivity index (χ1n) is 4.65. The number of rotatable bonds is 3. The van der Waals surface area contributed by atoms with Crippen LogP contribution in [0, 0.1) is 0 Å². The molecule has 0 aliphatic carbocycles. The lowest BCUT2D eigenvalue weighted by molar-refractivity contribution is 0.274. The van der Waals surface area contributed by atoms with Gasteiger partial charge in [0.15, 0.2) is 0 Å². The lowest BCUT2D eigenvalue weighted by Crippen LogP contribution is -1.95. The van der Waals surface area contributed by atoms with Crippen LogP contribution in [0.15, 0.2) is 40.9 Å². The number of aliphatic hydroxyl groups is 1. The summed E-state index contributed by atoms with van der Waals surface area (Å²) < 4.78 is 6.36. The van der Waals surface area contributed by atoms with E-state index in [0.717, 1.165) is 4.47 Å². The number of benzene rings is 1. The Bertz CT molecular complexity index is 474. The Hall–Kier alpha value is -1.46. The van der Waals surface area contributed by atoms with Crippen LogP contribution in [0.4, 0.5) is 0 Å². The smallest absolute Gasteiger partial charge is 0.238 e. The van der Waals surface area contributed by atoms with E-state index in [2.05, 4.69) is 26.1 Å². The van der Waals surface area contributed by atoms with Crippen LogP contribution >= 0.6 is 15.9 Å². The summed E-state index contributed by atoms with van der Waals surface area (Å²) in [6, 6.07) is 10.8. The Balaban J connectivity index is 2.18. The summed E-state index contributed by atoms with van der Waals surface area (Å²) in [6.07, 6.45) is 0. The van der Waals surface area contributed by atoms with Crippen molar-refractivity contribution in [2.24, 2.45) is 0 Å². The minimum absolute atomic E-state index is 0.123. The molecule has 0 spiro atoms. The topological polar surface area (TPSA) is 55.2 Å². The van der Waals surface area contributed by atoms with Crippen LogP contribution in [0.2, 0.25) is 0 Å². The number of aromatic nitrogens is 2. The molecule has 5 heteroatoms. The Morgan fingerprint density at radius 3 is 2.56 bits per heavy atom. The quantitative estimate of drug-likeness (QED) is 0.939. The predicted octanol–water partition coefficient (Wildman–Crippen LogP) is 2.52. The van der Waals surface area contributed by atoms with E-state index >= 15 is 0 Å². The van der Waals surface area contributed by atoms with Crippen LogP contribution in [-0.4, -0.2) is 15.3 Å². The molecule has 2 aromatic rings. The van der Waals surface area contributed by atoms with Crippen LogP contribution in [0.25, 0.3) is 0 Å². The van der Waals surface area contributed by atoms with E-state index in [1.165, 1.54) is 0 Å². The number of hydrogen-bond acceptors (Lipinski definition) is 4. The number of para-hydroxylation sites is 1. The summed E-state index contributed by atoms with van der Waals surface area (Å²) in [5.74, 6) is 1.07. The molecule has 0 radical (unpaired) electrons. The minimum atomic E-state index is -0.123. The highest BCUT2D eigenvalue weighted by atomic mass is 79.9. The van der Waals surface area contributed by atoms with Gasteiger partial charge in [-0.05, 0) is 34.1 Å². The Labute approximate surface area is 101 Å². The summed E-state index contributed by atoms with van der Waals surface area (Å²) in [5.41, 5.74) is 0.513. The molecule has 16 heavy (non-hydrogen) atoms. The van der Waals surface area contributed by atoms with Crippen molar-refractivity contribution in [3.05, 3.63) is 46.6 Å². The molecular weight excluding hydrogens is 272 g/mol. The summed E-state index contributed by atoms with van der Waals surface area (Å²) in [7, 11) is 0. The molecule has 1 N–H and O–H groups in total. The highest BCUT2D eigenvalue weighted by Crippen LogP contribution is 2.27. The van der Waals surface area contributed by atoms with Crippen molar-refractivity contribution in [1.29, 1.82) is 0 Å². The fourth-order valence-corrected chi connectivity index (χ4v) is 1.49. The average molecular weight is 281 g/mol. The maximum Gasteiger partial charge on any atom is 0.238 e. The summed E-state index contributed by atoms with van der Waals surface area (Å²) >= 11 is 3.37. The molecule has 0 amide bonds. The molecule has 0 atom stereocenters. The number of hydrogen-bond donors (Lipinski definition) is 1. The van der Waals surface area contributed by atoms with Gasteiger partial charge in [0, 0.05) is 6.07 Å². The molecule has 2 rings (SSSR count). The van der Waals surface area contributed by atoms with E-state index in [1.807, 2.05) is 24.3 Å². The molecule has 0 aliphatic heterocycles. The van der Waals surface area contributed by atoms with Crippen LogP contribution in [-0.2, 0) is 6.61 Å². The Kier molecular flexibility index (Phi) is 3.48. The third kappa shape index (κ3) is 2.56. The summed E-state index contributed by atoms with van der Waals surface area (Å²) in [4.78, 5) is 0. The van der Waals surface area contributed by atoms with Gasteiger partial charge in [0.25, 0.3) is 0 Å². The van der Waals surface area contributed by atoms with Gasteiger partial charge in [-0.25, -0.2) is 0 Å². The predicted molar refractivity (Wildman–Crippen MR) is 62.2 cm³/mol. The third-order valence-electron chi connectivity index (χ3n) is 1.91. The van der Waals surface area contributed by atoms with Gasteiger partial charge < -0.3 is 9.84 Å². The second kappa shape index (κ2) is 5.05. The molecule has 0 aliphatic rings. The van der Waals surface area contributed by atoms with E-state index in [9.17, 15) is 0 Å². The molecule has 0 saturated carbocycles. The van der Waals surface area contributed by atoms with Gasteiger partial charge in [0.05, 0.1) is 16.8 Å². The first-order chi connectivity index (χ1) is 7.79. The van der Waals surface area contributed by atoms with Crippen molar-refractivity contribution in [2.75, 3.05) is 0 Å². The first kappa shape index (κ1) is 11.0. The standard InChI is InChI=1S/C11H9BrN2O2/c12-9-3-1-2-4-10(9)16-11-6-5-8(7-15)13-14-11/h1-6,15H,7H2. The minimum Gasteiger partial charge on any atom is -0.436 e. The van der Waals surface area contributed by atoms with Crippen LogP contribution in [0.3, 0.4) is 0 Å². The van der Waals surface area contributed by atoms with Gasteiger partial charge in [-0.3, -0.25) is 0 Å². The molecule has 1 aromatic carbocycles. The van der Waals surface area contributed by atoms with Crippen LogP contribution in [0.1, 0.15) is 5.69 Å². The maximum atomic E-state index is 8.81. The highest BCUT2D eigenvalue weighted by Gasteiger charge is 2.03. The van der Waals surface area contributed by atoms with Crippen molar-refractivity contribution in [3.63, 3.8) is 0 Å². The molecule has 1 aromatic heterocycles. The van der Waals surface area contributed by atoms with E-state index < -0.39 is 0 Å². The first-order valence-corrected chi connectivity index (χ1v) is 5.45. The van der Waals surface area contributed by atoms with Gasteiger partial charge in [0.2, 0.25) is 5.88 Å². The number of halogens is 1. The van der Waals surface area contributed by atoms with Gasteiger partial charge in [-0.2, -0.15) is 0 Å². The Morgan fingerprint density at radius 2 is 1.94 bits per heavy atom. The average Bonchev–Trinajstić information content (AvgIpc) is 2.33. The van der Waals surface area contributed by atoms with Crippen LogP contribution in [0.5, 0.6) is 11.6 Å². The zero-order valence-electron chi connectivity index (χ0n) is 8.30. The molecule has 82 valence electrons. The van der Waals surface area contributed by atoms with Crippen molar-refractivity contribution >= 4 is 15.9 Å². The third-order valence-corrected chi connectivity index (χ3v) is 2.56. The maximum absolute atomic E-state index is 8.81. The second-order valence-corrected chi connectivity index (χ2v) is 3.91. The van der Waals surface area contributed by atoms with Gasteiger partial charge in [0.1, 0.15) is 5.75 Å². The SMILES string of the molecule is OCc1ccc(Oc2ccccc2Br)nn1. The highest BCUT2D eigenvalue weighted by molar-refractivity contribution is 9.10. The monoisotopic (exact) mass is 280 g/mol. The largest absolute Gasteiger partial charge is 0.436 e. The van der Waals surface area contributed by atoms with Gasteiger partial charge in [-0.15, -0.1) is 10.2 Å². The van der Waals surface area contributed by atoms with Gasteiger partial charge >= 0.3 is 0 Å². The van der Waals surface area contributed by atoms with Crippen molar-refractivity contribution in [3.8, 4) is 11.6 Å². The molecule has 0 bridgehead atoms. The van der Waals surface area contributed by atoms with Crippen molar-refractivity contribution < 1.29 is 9.84 Å². The molecule has 0 unspecified atom stereocenters. The van der Waals surface area contributed by atoms with Crippen LogP contribution < -0.4 is 4.74 Å². The normalized spacial score (nSPS) is 10.1. The number of aliphatic hydroxyl groups excluding tert-OH is 1. The zero-order valence-corrected chi connectivity index (χ0v) is 9.89. The van der Waals surface area contributed by atoms with E-state index in [1.54, 1.807) is 12.1 Å². The molecular formula is C11H9BrN2O2. The van der Waals surface area contributed by atoms with E-state index in [-0.39, 0.29) is 6.61 Å².